The summed E-state index contributed by atoms with van der Waals surface area (Å²) in [6.07, 6.45) is 6.51. The van der Waals surface area contributed by atoms with E-state index in [2.05, 4.69) is 44.8 Å². The van der Waals surface area contributed by atoms with Crippen LogP contribution in [-0.2, 0) is 6.54 Å². The van der Waals surface area contributed by atoms with Gasteiger partial charge in [-0.2, -0.15) is 0 Å². The van der Waals surface area contributed by atoms with Crippen LogP contribution in [0.4, 0.5) is 10.8 Å². The number of benzene rings is 1. The van der Waals surface area contributed by atoms with Crippen LogP contribution < -0.4 is 10.2 Å². The first kappa shape index (κ1) is 19.5. The number of nitrogens with zero attached hydrogens (tertiary/aromatic N) is 4. The first-order valence-electron chi connectivity index (χ1n) is 10.4. The third kappa shape index (κ3) is 4.36. The summed E-state index contributed by atoms with van der Waals surface area (Å²) < 4.78 is 1.94. The van der Waals surface area contributed by atoms with E-state index in [-0.39, 0.29) is 5.91 Å². The number of thiazole rings is 1. The summed E-state index contributed by atoms with van der Waals surface area (Å²) in [7, 11) is 0. The fraction of sp³-hybridized carbons (Fsp3) is 0.208. The fourth-order valence-electron chi connectivity index (χ4n) is 4.01. The second kappa shape index (κ2) is 8.73. The maximum atomic E-state index is 12.9. The normalized spacial score (nSPS) is 15.9. The number of hydrogen-bond donors (Lipinski definition) is 1. The molecule has 1 N–H and O–H groups in total. The van der Waals surface area contributed by atoms with Gasteiger partial charge >= 0.3 is 0 Å². The second-order valence-electron chi connectivity index (χ2n) is 7.68. The standard InChI is InChI=1S/C24H23N5OS/c30-23(22-7-4-13-29(22)15-18-8-11-25-12-9-18)27-24-26-21(17-31-24)19-10-14-28(16-19)20-5-2-1-3-6-20/h1-9,11-13,17,19H,10,14-16H2,(H,26,27,30)/t19-/m0/s1. The van der Waals surface area contributed by atoms with Gasteiger partial charge < -0.3 is 9.47 Å². The Morgan fingerprint density at radius 2 is 1.94 bits per heavy atom. The number of carbonyl (C=O) groups excluding carboxylic acids is 1. The van der Waals surface area contributed by atoms with Crippen molar-refractivity contribution < 1.29 is 4.79 Å². The molecule has 0 unspecified atom stereocenters. The Kier molecular flexibility index (Phi) is 5.50. The zero-order valence-electron chi connectivity index (χ0n) is 17.0. The van der Waals surface area contributed by atoms with Crippen molar-refractivity contribution in [1.29, 1.82) is 0 Å². The average Bonchev–Trinajstić information content (AvgIpc) is 3.56. The van der Waals surface area contributed by atoms with Crippen molar-refractivity contribution in [3.8, 4) is 0 Å². The first-order valence-corrected chi connectivity index (χ1v) is 11.2. The van der Waals surface area contributed by atoms with Crippen LogP contribution in [0.25, 0.3) is 0 Å². The number of carbonyl (C=O) groups is 1. The summed E-state index contributed by atoms with van der Waals surface area (Å²) in [5.41, 5.74) is 4.03. The number of hydrogen-bond acceptors (Lipinski definition) is 5. The van der Waals surface area contributed by atoms with Gasteiger partial charge in [-0.25, -0.2) is 4.98 Å². The zero-order chi connectivity index (χ0) is 21.0. The lowest BCUT2D eigenvalue weighted by atomic mass is 10.1. The van der Waals surface area contributed by atoms with Crippen LogP contribution in [0.3, 0.4) is 0 Å². The molecule has 1 atom stereocenters. The number of amides is 1. The third-order valence-electron chi connectivity index (χ3n) is 5.63. The van der Waals surface area contributed by atoms with Gasteiger partial charge in [-0.1, -0.05) is 18.2 Å². The zero-order valence-corrected chi connectivity index (χ0v) is 17.8. The molecular weight excluding hydrogens is 406 g/mol. The van der Waals surface area contributed by atoms with Gasteiger partial charge in [0.25, 0.3) is 5.91 Å². The maximum Gasteiger partial charge on any atom is 0.274 e. The van der Waals surface area contributed by atoms with E-state index in [1.165, 1.54) is 17.0 Å². The molecule has 7 heteroatoms. The van der Waals surface area contributed by atoms with Crippen molar-refractivity contribution >= 4 is 28.1 Å². The van der Waals surface area contributed by atoms with E-state index in [1.54, 1.807) is 12.4 Å². The molecule has 4 aromatic rings. The van der Waals surface area contributed by atoms with Crippen molar-refractivity contribution in [3.05, 3.63) is 95.5 Å². The van der Waals surface area contributed by atoms with Gasteiger partial charge in [-0.3, -0.25) is 15.1 Å². The maximum absolute atomic E-state index is 12.9. The number of nitrogens with one attached hydrogen (secondary N) is 1. The Morgan fingerprint density at radius 3 is 2.77 bits per heavy atom. The second-order valence-corrected chi connectivity index (χ2v) is 8.53. The van der Waals surface area contributed by atoms with E-state index in [9.17, 15) is 4.79 Å². The first-order chi connectivity index (χ1) is 15.3. The minimum Gasteiger partial charge on any atom is -0.371 e. The molecule has 1 aromatic carbocycles. The highest BCUT2D eigenvalue weighted by Crippen LogP contribution is 2.32. The van der Waals surface area contributed by atoms with E-state index in [1.807, 2.05) is 41.1 Å². The van der Waals surface area contributed by atoms with Crippen LogP contribution in [0, 0.1) is 0 Å². The molecule has 0 saturated carbocycles. The van der Waals surface area contributed by atoms with Gasteiger partial charge in [0, 0.05) is 55.2 Å². The highest BCUT2D eigenvalue weighted by molar-refractivity contribution is 7.14. The monoisotopic (exact) mass is 429 g/mol. The predicted molar refractivity (Wildman–Crippen MR) is 124 cm³/mol. The van der Waals surface area contributed by atoms with E-state index in [0.29, 0.717) is 23.3 Å². The lowest BCUT2D eigenvalue weighted by Gasteiger charge is -2.18. The van der Waals surface area contributed by atoms with Gasteiger partial charge in [0.2, 0.25) is 0 Å². The average molecular weight is 430 g/mol. The largest absolute Gasteiger partial charge is 0.371 e. The van der Waals surface area contributed by atoms with Crippen LogP contribution in [0.5, 0.6) is 0 Å². The molecule has 4 heterocycles. The van der Waals surface area contributed by atoms with E-state index >= 15 is 0 Å². The topological polar surface area (TPSA) is 63.1 Å². The summed E-state index contributed by atoms with van der Waals surface area (Å²) >= 11 is 1.49. The number of anilines is 2. The van der Waals surface area contributed by atoms with E-state index in [4.69, 9.17) is 4.98 Å². The molecule has 1 aliphatic rings. The van der Waals surface area contributed by atoms with Gasteiger partial charge in [-0.15, -0.1) is 11.3 Å². The Balaban J connectivity index is 1.24. The molecule has 0 radical (unpaired) electrons. The molecule has 1 amide bonds. The van der Waals surface area contributed by atoms with Crippen molar-refractivity contribution in [3.63, 3.8) is 0 Å². The molecule has 0 spiro atoms. The lowest BCUT2D eigenvalue weighted by molar-refractivity contribution is 0.101. The molecule has 0 bridgehead atoms. The number of rotatable bonds is 6. The van der Waals surface area contributed by atoms with Crippen molar-refractivity contribution in [1.82, 2.24) is 14.5 Å². The molecule has 1 fully saturated rings. The molecule has 1 saturated heterocycles. The summed E-state index contributed by atoms with van der Waals surface area (Å²) in [4.78, 5) is 24.0. The smallest absolute Gasteiger partial charge is 0.274 e. The Bertz CT molecular complexity index is 1150. The van der Waals surface area contributed by atoms with Gasteiger partial charge in [-0.05, 0) is 48.4 Å². The van der Waals surface area contributed by atoms with Crippen LogP contribution in [0.15, 0.2) is 78.6 Å². The van der Waals surface area contributed by atoms with Crippen LogP contribution in [-0.4, -0.2) is 33.5 Å². The van der Waals surface area contributed by atoms with E-state index in [0.717, 1.165) is 30.8 Å². The molecule has 31 heavy (non-hydrogen) atoms. The summed E-state index contributed by atoms with van der Waals surface area (Å²) in [6.45, 7) is 2.60. The van der Waals surface area contributed by atoms with Gasteiger partial charge in [0.15, 0.2) is 5.13 Å². The molecule has 5 rings (SSSR count). The Morgan fingerprint density at radius 1 is 1.10 bits per heavy atom. The quantitative estimate of drug-likeness (QED) is 0.485. The number of aromatic nitrogens is 3. The summed E-state index contributed by atoms with van der Waals surface area (Å²) in [5.74, 6) is 0.245. The summed E-state index contributed by atoms with van der Waals surface area (Å²) in [5, 5.41) is 5.70. The van der Waals surface area contributed by atoms with E-state index < -0.39 is 0 Å². The molecule has 6 nitrogen and oxygen atoms in total. The Labute approximate surface area is 185 Å². The minimum atomic E-state index is -0.141. The van der Waals surface area contributed by atoms with Crippen LogP contribution in [0.2, 0.25) is 0 Å². The van der Waals surface area contributed by atoms with Crippen molar-refractivity contribution in [2.45, 2.75) is 18.9 Å². The molecular formula is C24H23N5OS. The predicted octanol–water partition coefficient (Wildman–Crippen LogP) is 4.63. The lowest BCUT2D eigenvalue weighted by Crippen LogP contribution is -2.19. The highest BCUT2D eigenvalue weighted by Gasteiger charge is 2.26. The molecule has 3 aromatic heterocycles. The SMILES string of the molecule is O=C(Nc1nc([C@H]2CCN(c3ccccc3)C2)cs1)c1cccn1Cc1ccncc1. The molecule has 0 aliphatic carbocycles. The molecule has 156 valence electrons. The van der Waals surface area contributed by atoms with Gasteiger partial charge in [0.1, 0.15) is 5.69 Å². The number of pyridine rings is 1. The Hall–Kier alpha value is -3.45. The van der Waals surface area contributed by atoms with Crippen LogP contribution in [0.1, 0.15) is 34.1 Å². The number of para-hydroxylation sites is 1. The van der Waals surface area contributed by atoms with Gasteiger partial charge in [0.05, 0.1) is 5.69 Å². The third-order valence-corrected chi connectivity index (χ3v) is 6.41. The minimum absolute atomic E-state index is 0.141. The summed E-state index contributed by atoms with van der Waals surface area (Å²) in [6, 6.07) is 18.1. The fourth-order valence-corrected chi connectivity index (χ4v) is 4.80. The van der Waals surface area contributed by atoms with Crippen molar-refractivity contribution in [2.24, 2.45) is 0 Å². The van der Waals surface area contributed by atoms with Crippen LogP contribution >= 0.6 is 11.3 Å². The molecule has 1 aliphatic heterocycles. The highest BCUT2D eigenvalue weighted by atomic mass is 32.1. The van der Waals surface area contributed by atoms with Crippen molar-refractivity contribution in [2.75, 3.05) is 23.3 Å².